The summed E-state index contributed by atoms with van der Waals surface area (Å²) in [6.07, 6.45) is 12.4. The minimum Gasteiger partial charge on any atom is -0.478 e. The molecule has 0 aliphatic heterocycles. The summed E-state index contributed by atoms with van der Waals surface area (Å²) in [5.74, 6) is 0.265. The number of carbonyl (C=O) groups is 1. The first-order chi connectivity index (χ1) is 13.5. The van der Waals surface area contributed by atoms with Crippen LogP contribution in [0.1, 0.15) is 54.4 Å². The number of allylic oxidation sites excluding steroid dienone is 2. The van der Waals surface area contributed by atoms with Crippen LogP contribution in [0.2, 0.25) is 0 Å². The van der Waals surface area contributed by atoms with E-state index in [1.54, 1.807) is 12.1 Å². The fraction of sp³-hybridized carbons (Fsp3) is 0.542. The molecule has 0 heterocycles. The Bertz CT molecular complexity index is 775. The average molecular weight is 383 g/mol. The first-order valence-corrected chi connectivity index (χ1v) is 10.6. The van der Waals surface area contributed by atoms with Crippen molar-refractivity contribution in [1.82, 2.24) is 0 Å². The number of carboxylic acids is 1. The van der Waals surface area contributed by atoms with Crippen LogP contribution in [0, 0.1) is 23.7 Å². The second kappa shape index (κ2) is 8.22. The number of aliphatic hydroxyl groups excluding tert-OH is 2. The SMILES string of the molecule is O=C(O)c1ccccc1CC1=C[C@H]2C[C@@H](O)[C@@H](/C=C/[C@@H](O)C3CCCC3)[C@H]2C1. The largest absolute Gasteiger partial charge is 0.478 e. The maximum Gasteiger partial charge on any atom is 0.335 e. The van der Waals surface area contributed by atoms with Crippen molar-refractivity contribution in [3.05, 3.63) is 59.2 Å². The average Bonchev–Trinajstić information content (AvgIpc) is 3.37. The van der Waals surface area contributed by atoms with Gasteiger partial charge in [-0.3, -0.25) is 0 Å². The Morgan fingerprint density at radius 2 is 1.96 bits per heavy atom. The van der Waals surface area contributed by atoms with E-state index in [0.29, 0.717) is 29.7 Å². The van der Waals surface area contributed by atoms with Crippen molar-refractivity contribution in [2.24, 2.45) is 23.7 Å². The first-order valence-electron chi connectivity index (χ1n) is 10.6. The van der Waals surface area contributed by atoms with Gasteiger partial charge in [0.15, 0.2) is 0 Å². The van der Waals surface area contributed by atoms with E-state index < -0.39 is 12.1 Å². The van der Waals surface area contributed by atoms with Crippen LogP contribution < -0.4 is 0 Å². The highest BCUT2D eigenvalue weighted by Crippen LogP contribution is 2.48. The molecule has 4 nitrogen and oxygen atoms in total. The second-order valence-electron chi connectivity index (χ2n) is 8.80. The summed E-state index contributed by atoms with van der Waals surface area (Å²) in [4.78, 5) is 11.5. The monoisotopic (exact) mass is 382 g/mol. The molecule has 3 aliphatic rings. The van der Waals surface area contributed by atoms with Crippen molar-refractivity contribution >= 4 is 5.97 Å². The Morgan fingerprint density at radius 3 is 2.71 bits per heavy atom. The van der Waals surface area contributed by atoms with Gasteiger partial charge in [-0.1, -0.05) is 54.8 Å². The predicted octanol–water partition coefficient (Wildman–Crippen LogP) is 3.98. The zero-order valence-corrected chi connectivity index (χ0v) is 16.2. The summed E-state index contributed by atoms with van der Waals surface area (Å²) in [6, 6.07) is 7.20. The number of fused-ring (bicyclic) bond motifs is 1. The van der Waals surface area contributed by atoms with Crippen LogP contribution >= 0.6 is 0 Å². The number of hydrogen-bond donors (Lipinski definition) is 3. The van der Waals surface area contributed by atoms with Crippen LogP contribution in [0.15, 0.2) is 48.1 Å². The van der Waals surface area contributed by atoms with E-state index >= 15 is 0 Å². The van der Waals surface area contributed by atoms with E-state index in [4.69, 9.17) is 0 Å². The molecule has 2 fully saturated rings. The molecule has 28 heavy (non-hydrogen) atoms. The molecular weight excluding hydrogens is 352 g/mol. The Hall–Kier alpha value is -1.91. The molecule has 0 amide bonds. The van der Waals surface area contributed by atoms with E-state index in [-0.39, 0.29) is 12.0 Å². The minimum atomic E-state index is -0.883. The van der Waals surface area contributed by atoms with Gasteiger partial charge in [-0.2, -0.15) is 0 Å². The third-order valence-corrected chi connectivity index (χ3v) is 7.03. The van der Waals surface area contributed by atoms with E-state index in [0.717, 1.165) is 31.2 Å². The third kappa shape index (κ3) is 3.94. The van der Waals surface area contributed by atoms with Crippen molar-refractivity contribution in [2.75, 3.05) is 0 Å². The third-order valence-electron chi connectivity index (χ3n) is 7.03. The number of aromatic carboxylic acids is 1. The van der Waals surface area contributed by atoms with Gasteiger partial charge in [-0.15, -0.1) is 0 Å². The fourth-order valence-electron chi connectivity index (χ4n) is 5.56. The minimum absolute atomic E-state index is 0.0736. The molecule has 3 N–H and O–H groups in total. The van der Waals surface area contributed by atoms with Crippen LogP contribution in [-0.4, -0.2) is 33.5 Å². The van der Waals surface area contributed by atoms with Crippen LogP contribution in [0.25, 0.3) is 0 Å². The molecule has 0 aromatic heterocycles. The van der Waals surface area contributed by atoms with Crippen molar-refractivity contribution in [3.63, 3.8) is 0 Å². The van der Waals surface area contributed by atoms with Gasteiger partial charge in [0, 0.05) is 5.92 Å². The number of benzene rings is 1. The summed E-state index contributed by atoms with van der Waals surface area (Å²) in [6.45, 7) is 0. The first kappa shape index (κ1) is 19.4. The Labute approximate surface area is 166 Å². The molecule has 1 aromatic rings. The van der Waals surface area contributed by atoms with Crippen LogP contribution in [0.3, 0.4) is 0 Å². The highest BCUT2D eigenvalue weighted by atomic mass is 16.4. The fourth-order valence-corrected chi connectivity index (χ4v) is 5.56. The van der Waals surface area contributed by atoms with Crippen molar-refractivity contribution in [1.29, 1.82) is 0 Å². The number of rotatable bonds is 6. The lowest BCUT2D eigenvalue weighted by molar-refractivity contribution is 0.0696. The summed E-state index contributed by atoms with van der Waals surface area (Å²) in [5, 5.41) is 30.4. The molecule has 4 rings (SSSR count). The van der Waals surface area contributed by atoms with Gasteiger partial charge in [0.1, 0.15) is 0 Å². The highest BCUT2D eigenvalue weighted by Gasteiger charge is 2.43. The topological polar surface area (TPSA) is 77.8 Å². The smallest absolute Gasteiger partial charge is 0.335 e. The Morgan fingerprint density at radius 1 is 1.21 bits per heavy atom. The van der Waals surface area contributed by atoms with Crippen molar-refractivity contribution in [3.8, 4) is 0 Å². The van der Waals surface area contributed by atoms with E-state index in [1.165, 1.54) is 18.4 Å². The number of hydrogen-bond acceptors (Lipinski definition) is 3. The molecule has 5 atom stereocenters. The van der Waals surface area contributed by atoms with Gasteiger partial charge in [0.05, 0.1) is 17.8 Å². The normalized spacial score (nSPS) is 31.3. The summed E-state index contributed by atoms with van der Waals surface area (Å²) in [5.41, 5.74) is 2.49. The van der Waals surface area contributed by atoms with E-state index in [2.05, 4.69) is 12.2 Å². The molecule has 0 radical (unpaired) electrons. The van der Waals surface area contributed by atoms with Crippen LogP contribution in [0.4, 0.5) is 0 Å². The molecule has 0 unspecified atom stereocenters. The quantitative estimate of drug-likeness (QED) is 0.651. The number of carboxylic acid groups (broad SMARTS) is 1. The molecule has 0 spiro atoms. The molecular formula is C24H30O4. The molecule has 1 aromatic carbocycles. The lowest BCUT2D eigenvalue weighted by atomic mass is 9.87. The molecule has 0 bridgehead atoms. The maximum atomic E-state index is 11.5. The van der Waals surface area contributed by atoms with Gasteiger partial charge in [0.25, 0.3) is 0 Å². The van der Waals surface area contributed by atoms with Gasteiger partial charge in [-0.25, -0.2) is 4.79 Å². The molecule has 150 valence electrons. The maximum absolute atomic E-state index is 11.5. The zero-order valence-electron chi connectivity index (χ0n) is 16.2. The molecule has 2 saturated carbocycles. The van der Waals surface area contributed by atoms with Crippen LogP contribution in [0.5, 0.6) is 0 Å². The summed E-state index contributed by atoms with van der Waals surface area (Å²) in [7, 11) is 0. The molecule has 0 saturated heterocycles. The summed E-state index contributed by atoms with van der Waals surface area (Å²) >= 11 is 0. The predicted molar refractivity (Wildman–Crippen MR) is 108 cm³/mol. The van der Waals surface area contributed by atoms with Gasteiger partial charge < -0.3 is 15.3 Å². The van der Waals surface area contributed by atoms with Gasteiger partial charge >= 0.3 is 5.97 Å². The highest BCUT2D eigenvalue weighted by molar-refractivity contribution is 5.89. The standard InChI is InChI=1S/C24H30O4/c25-22(16-5-1-2-6-16)10-9-20-21-13-15(12-18(21)14-23(20)26)11-17-7-3-4-8-19(17)24(27)28/h3-4,7-10,12,16,18,20-23,25-26H,1-2,5-6,11,13-14H2,(H,27,28)/b10-9+/t18-,20-,21-,22+,23+/m0/s1. The van der Waals surface area contributed by atoms with E-state index in [9.17, 15) is 20.1 Å². The van der Waals surface area contributed by atoms with Crippen LogP contribution in [-0.2, 0) is 6.42 Å². The van der Waals surface area contributed by atoms with Gasteiger partial charge in [0.2, 0.25) is 0 Å². The van der Waals surface area contributed by atoms with Gasteiger partial charge in [-0.05, 0) is 61.5 Å². The number of aliphatic hydroxyl groups is 2. The zero-order chi connectivity index (χ0) is 19.7. The van der Waals surface area contributed by atoms with E-state index in [1.807, 2.05) is 18.2 Å². The molecule has 4 heteroatoms. The van der Waals surface area contributed by atoms with Crippen molar-refractivity contribution in [2.45, 2.75) is 57.2 Å². The Balaban J connectivity index is 1.42. The summed E-state index contributed by atoms with van der Waals surface area (Å²) < 4.78 is 0. The van der Waals surface area contributed by atoms with Crippen molar-refractivity contribution < 1.29 is 20.1 Å². The lowest BCUT2D eigenvalue weighted by Crippen LogP contribution is -2.20. The molecule has 3 aliphatic carbocycles. The second-order valence-corrected chi connectivity index (χ2v) is 8.80. The lowest BCUT2D eigenvalue weighted by Gasteiger charge is -2.20. The Kier molecular flexibility index (Phi) is 5.70.